The van der Waals surface area contributed by atoms with Crippen LogP contribution >= 0.6 is 0 Å². The van der Waals surface area contributed by atoms with Crippen molar-refractivity contribution < 1.29 is 23.0 Å². The average Bonchev–Trinajstić information content (AvgIpc) is 3.07. The van der Waals surface area contributed by atoms with Gasteiger partial charge in [-0.15, -0.1) is 0 Å². The molecular weight excluding hydrogens is 342 g/mol. The Morgan fingerprint density at radius 3 is 2.62 bits per heavy atom. The minimum atomic E-state index is -0.487. The molecule has 1 saturated heterocycles. The minimum absolute atomic E-state index is 0.0931. The maximum Gasteiger partial charge on any atom is 0.234 e. The second-order valence-corrected chi connectivity index (χ2v) is 7.21. The van der Waals surface area contributed by atoms with Gasteiger partial charge in [0.05, 0.1) is 19.8 Å². The molecule has 1 aromatic rings. The van der Waals surface area contributed by atoms with Crippen LogP contribution in [0.15, 0.2) is 18.2 Å². The molecule has 26 heavy (non-hydrogen) atoms. The van der Waals surface area contributed by atoms with Crippen LogP contribution in [0.1, 0.15) is 44.2 Å². The summed E-state index contributed by atoms with van der Waals surface area (Å²) in [6.45, 7) is 3.14. The first kappa shape index (κ1) is 19.2. The third kappa shape index (κ3) is 4.39. The van der Waals surface area contributed by atoms with Crippen LogP contribution in [0.4, 0.5) is 8.78 Å². The number of benzene rings is 1. The highest BCUT2D eigenvalue weighted by molar-refractivity contribution is 5.78. The van der Waals surface area contributed by atoms with Gasteiger partial charge in [0.15, 0.2) is 5.79 Å². The molecule has 1 N–H and O–H groups in total. The first-order valence-corrected chi connectivity index (χ1v) is 9.11. The minimum Gasteiger partial charge on any atom is -0.352 e. The van der Waals surface area contributed by atoms with Gasteiger partial charge in [0.2, 0.25) is 5.91 Å². The normalized spacial score (nSPS) is 21.3. The highest BCUT2D eigenvalue weighted by Gasteiger charge is 2.40. The molecule has 1 spiro atoms. The Labute approximate surface area is 152 Å². The zero-order chi connectivity index (χ0) is 18.7. The number of rotatable bonds is 5. The van der Waals surface area contributed by atoms with Crippen molar-refractivity contribution in [2.45, 2.75) is 50.5 Å². The predicted molar refractivity (Wildman–Crippen MR) is 92.4 cm³/mol. The van der Waals surface area contributed by atoms with Gasteiger partial charge in [-0.05, 0) is 45.0 Å². The van der Waals surface area contributed by atoms with E-state index in [9.17, 15) is 13.6 Å². The van der Waals surface area contributed by atoms with Crippen LogP contribution < -0.4 is 5.32 Å². The summed E-state index contributed by atoms with van der Waals surface area (Å²) in [5.41, 5.74) is 0.246. The number of ether oxygens (including phenoxy) is 2. The van der Waals surface area contributed by atoms with Gasteiger partial charge < -0.3 is 14.8 Å². The molecule has 3 rings (SSSR count). The fourth-order valence-corrected chi connectivity index (χ4v) is 3.70. The SMILES string of the molecule is CC(c1cc(F)ccc1F)N(C)CC(=O)NC1CCC2(CC1)OCCO2. The monoisotopic (exact) mass is 368 g/mol. The Morgan fingerprint density at radius 2 is 1.96 bits per heavy atom. The number of hydrogen-bond donors (Lipinski definition) is 1. The van der Waals surface area contributed by atoms with Crippen LogP contribution in [0.5, 0.6) is 0 Å². The van der Waals surface area contributed by atoms with Gasteiger partial charge in [-0.3, -0.25) is 9.69 Å². The van der Waals surface area contributed by atoms with E-state index in [1.165, 1.54) is 6.07 Å². The lowest BCUT2D eigenvalue weighted by molar-refractivity contribution is -0.180. The second kappa shape index (κ2) is 7.98. The Hall–Kier alpha value is -1.57. The van der Waals surface area contributed by atoms with Crippen molar-refractivity contribution in [3.8, 4) is 0 Å². The summed E-state index contributed by atoms with van der Waals surface area (Å²) in [6, 6.07) is 3.06. The van der Waals surface area contributed by atoms with E-state index in [1.807, 2.05) is 0 Å². The first-order valence-electron chi connectivity index (χ1n) is 9.11. The Morgan fingerprint density at radius 1 is 1.31 bits per heavy atom. The zero-order valence-electron chi connectivity index (χ0n) is 15.3. The van der Waals surface area contributed by atoms with Crippen LogP contribution in [0.3, 0.4) is 0 Å². The summed E-state index contributed by atoms with van der Waals surface area (Å²) in [6.07, 6.45) is 3.17. The van der Waals surface area contributed by atoms with Gasteiger partial charge in [0.25, 0.3) is 0 Å². The third-order valence-electron chi connectivity index (χ3n) is 5.39. The van der Waals surface area contributed by atoms with E-state index in [1.54, 1.807) is 18.9 Å². The zero-order valence-corrected chi connectivity index (χ0v) is 15.3. The van der Waals surface area contributed by atoms with E-state index >= 15 is 0 Å². The molecule has 1 saturated carbocycles. The summed E-state index contributed by atoms with van der Waals surface area (Å²) >= 11 is 0. The molecule has 1 aliphatic heterocycles. The summed E-state index contributed by atoms with van der Waals surface area (Å²) in [5.74, 6) is -1.52. The topological polar surface area (TPSA) is 50.8 Å². The molecule has 1 amide bonds. The molecule has 5 nitrogen and oxygen atoms in total. The van der Waals surface area contributed by atoms with E-state index < -0.39 is 23.5 Å². The van der Waals surface area contributed by atoms with Crippen molar-refractivity contribution in [3.63, 3.8) is 0 Å². The van der Waals surface area contributed by atoms with Crippen LogP contribution in [0.25, 0.3) is 0 Å². The van der Waals surface area contributed by atoms with E-state index in [0.717, 1.165) is 37.8 Å². The number of halogens is 2. The second-order valence-electron chi connectivity index (χ2n) is 7.21. The van der Waals surface area contributed by atoms with Crippen LogP contribution in [0, 0.1) is 11.6 Å². The fourth-order valence-electron chi connectivity index (χ4n) is 3.70. The van der Waals surface area contributed by atoms with Crippen molar-refractivity contribution in [2.75, 3.05) is 26.8 Å². The van der Waals surface area contributed by atoms with Gasteiger partial charge in [0, 0.05) is 30.5 Å². The Kier molecular flexibility index (Phi) is 5.89. The standard InChI is InChI=1S/C19H26F2N2O3/c1-13(16-11-14(20)3-4-17(16)21)23(2)12-18(24)22-15-5-7-19(8-6-15)25-9-10-26-19/h3-4,11,13,15H,5-10,12H2,1-2H3,(H,22,24). The molecule has 1 unspecified atom stereocenters. The highest BCUT2D eigenvalue weighted by atomic mass is 19.1. The van der Waals surface area contributed by atoms with Crippen LogP contribution in [0.2, 0.25) is 0 Å². The smallest absolute Gasteiger partial charge is 0.234 e. The lowest BCUT2D eigenvalue weighted by Crippen LogP contribution is -2.46. The molecule has 144 valence electrons. The number of amides is 1. The quantitative estimate of drug-likeness (QED) is 0.868. The van der Waals surface area contributed by atoms with Gasteiger partial charge in [-0.2, -0.15) is 0 Å². The molecule has 1 aliphatic carbocycles. The number of carbonyl (C=O) groups excluding carboxylic acids is 1. The summed E-state index contributed by atoms with van der Waals surface area (Å²) in [4.78, 5) is 14.0. The van der Waals surface area contributed by atoms with Gasteiger partial charge in [-0.1, -0.05) is 0 Å². The molecule has 1 aromatic carbocycles. The molecule has 1 atom stereocenters. The lowest BCUT2D eigenvalue weighted by Gasteiger charge is -2.36. The van der Waals surface area contributed by atoms with Crippen molar-refractivity contribution in [2.24, 2.45) is 0 Å². The predicted octanol–water partition coefficient (Wildman–Crippen LogP) is 2.76. The molecule has 0 bridgehead atoms. The number of nitrogens with one attached hydrogen (secondary N) is 1. The van der Waals surface area contributed by atoms with E-state index in [-0.39, 0.29) is 24.1 Å². The number of nitrogens with zero attached hydrogens (tertiary/aromatic N) is 1. The van der Waals surface area contributed by atoms with Crippen molar-refractivity contribution in [1.82, 2.24) is 10.2 Å². The molecular formula is C19H26F2N2O3. The van der Waals surface area contributed by atoms with Gasteiger partial charge >= 0.3 is 0 Å². The van der Waals surface area contributed by atoms with Gasteiger partial charge in [-0.25, -0.2) is 8.78 Å². The van der Waals surface area contributed by atoms with Crippen molar-refractivity contribution >= 4 is 5.91 Å². The maximum atomic E-state index is 13.9. The highest BCUT2D eigenvalue weighted by Crippen LogP contribution is 2.35. The summed E-state index contributed by atoms with van der Waals surface area (Å²) in [5, 5.41) is 3.03. The Bertz CT molecular complexity index is 640. The third-order valence-corrected chi connectivity index (χ3v) is 5.39. The Balaban J connectivity index is 1.49. The molecule has 1 heterocycles. The van der Waals surface area contributed by atoms with Crippen molar-refractivity contribution in [3.05, 3.63) is 35.4 Å². The molecule has 2 fully saturated rings. The van der Waals surface area contributed by atoms with Gasteiger partial charge in [0.1, 0.15) is 11.6 Å². The molecule has 2 aliphatic rings. The number of hydrogen-bond acceptors (Lipinski definition) is 4. The molecule has 0 radical (unpaired) electrons. The number of carbonyl (C=O) groups is 1. The first-order chi connectivity index (χ1) is 12.4. The van der Waals surface area contributed by atoms with E-state index in [4.69, 9.17) is 9.47 Å². The largest absolute Gasteiger partial charge is 0.352 e. The van der Waals surface area contributed by atoms with Crippen molar-refractivity contribution in [1.29, 1.82) is 0 Å². The van der Waals surface area contributed by atoms with Crippen LogP contribution in [-0.2, 0) is 14.3 Å². The van der Waals surface area contributed by atoms with Crippen LogP contribution in [-0.4, -0.2) is 49.4 Å². The van der Waals surface area contributed by atoms with E-state index in [2.05, 4.69) is 5.32 Å². The molecule has 0 aromatic heterocycles. The number of likely N-dealkylation sites (N-methyl/N-ethyl adjacent to an activating group) is 1. The summed E-state index contributed by atoms with van der Waals surface area (Å²) < 4.78 is 38.7. The lowest BCUT2D eigenvalue weighted by atomic mass is 9.90. The molecule has 7 heteroatoms. The average molecular weight is 368 g/mol. The van der Waals surface area contributed by atoms with E-state index in [0.29, 0.717) is 13.2 Å². The fraction of sp³-hybridized carbons (Fsp3) is 0.632. The maximum absolute atomic E-state index is 13.9. The summed E-state index contributed by atoms with van der Waals surface area (Å²) in [7, 11) is 1.73.